The number of hydrogen-bond acceptors (Lipinski definition) is 7. The first-order valence-electron chi connectivity index (χ1n) is 11.2. The number of nitrogens with zero attached hydrogens (tertiary/aromatic N) is 5. The van der Waals surface area contributed by atoms with Crippen molar-refractivity contribution in [2.45, 2.75) is 38.8 Å². The van der Waals surface area contributed by atoms with Gasteiger partial charge in [0.1, 0.15) is 5.82 Å². The summed E-state index contributed by atoms with van der Waals surface area (Å²) in [5, 5.41) is 15.3. The first kappa shape index (κ1) is 21.4. The molecule has 2 aromatic heterocycles. The van der Waals surface area contributed by atoms with Gasteiger partial charge in [0, 0.05) is 30.4 Å². The second-order valence-corrected chi connectivity index (χ2v) is 8.75. The number of rotatable bonds is 5. The molecule has 0 unspecified atom stereocenters. The zero-order valence-electron chi connectivity index (χ0n) is 18.9. The van der Waals surface area contributed by atoms with Gasteiger partial charge in [0.15, 0.2) is 0 Å². The van der Waals surface area contributed by atoms with Crippen molar-refractivity contribution in [3.05, 3.63) is 83.6 Å². The van der Waals surface area contributed by atoms with Crippen molar-refractivity contribution in [1.29, 1.82) is 0 Å². The highest BCUT2D eigenvalue weighted by Gasteiger charge is 2.34. The van der Waals surface area contributed by atoms with Crippen molar-refractivity contribution >= 4 is 0 Å². The summed E-state index contributed by atoms with van der Waals surface area (Å²) in [5.74, 6) is 1.90. The molecule has 0 spiro atoms. The van der Waals surface area contributed by atoms with Crippen molar-refractivity contribution in [3.8, 4) is 22.6 Å². The number of likely N-dealkylation sites (tertiary alicyclic amines) is 1. The lowest BCUT2D eigenvalue weighted by Gasteiger charge is -2.38. The number of aliphatic hydroxyl groups is 1. The van der Waals surface area contributed by atoms with E-state index in [1.54, 1.807) is 6.20 Å². The molecule has 7 nitrogen and oxygen atoms in total. The van der Waals surface area contributed by atoms with Crippen LogP contribution in [0.5, 0.6) is 0 Å². The number of aromatic nitrogens is 4. The summed E-state index contributed by atoms with van der Waals surface area (Å²) in [6.07, 6.45) is 3.13. The van der Waals surface area contributed by atoms with Crippen LogP contribution in [0.2, 0.25) is 0 Å². The highest BCUT2D eigenvalue weighted by Crippen LogP contribution is 2.33. The van der Waals surface area contributed by atoms with Gasteiger partial charge in [-0.15, -0.1) is 0 Å². The standard InChI is InChI=1S/C26H27N5O2/c1-18-3-9-22(10-4-18)26(32)12-15-31(16-13-26)17-24-29-25(30-33-24)21-7-5-20(6-8-21)23-11-14-27-19(2)28-23/h3-11,14,32H,12-13,15-17H2,1-2H3. The van der Waals surface area contributed by atoms with E-state index in [9.17, 15) is 5.11 Å². The molecule has 0 aliphatic carbocycles. The third kappa shape index (κ3) is 4.69. The zero-order valence-corrected chi connectivity index (χ0v) is 18.9. The fourth-order valence-corrected chi connectivity index (χ4v) is 4.27. The van der Waals surface area contributed by atoms with E-state index in [4.69, 9.17) is 4.52 Å². The van der Waals surface area contributed by atoms with E-state index in [2.05, 4.69) is 44.1 Å². The molecule has 0 radical (unpaired) electrons. The van der Waals surface area contributed by atoms with Crippen LogP contribution >= 0.6 is 0 Å². The molecule has 2 aromatic carbocycles. The minimum atomic E-state index is -0.770. The van der Waals surface area contributed by atoms with Gasteiger partial charge in [0.2, 0.25) is 11.7 Å². The Labute approximate surface area is 193 Å². The highest BCUT2D eigenvalue weighted by molar-refractivity contribution is 5.64. The molecule has 1 aliphatic heterocycles. The predicted molar refractivity (Wildman–Crippen MR) is 125 cm³/mol. The Kier molecular flexibility index (Phi) is 5.74. The highest BCUT2D eigenvalue weighted by atomic mass is 16.5. The minimum Gasteiger partial charge on any atom is -0.385 e. The number of benzene rings is 2. The van der Waals surface area contributed by atoms with Crippen molar-refractivity contribution in [2.24, 2.45) is 0 Å². The van der Waals surface area contributed by atoms with Crippen LogP contribution in [-0.2, 0) is 12.1 Å². The third-order valence-corrected chi connectivity index (χ3v) is 6.31. The van der Waals surface area contributed by atoms with Crippen molar-refractivity contribution < 1.29 is 9.63 Å². The summed E-state index contributed by atoms with van der Waals surface area (Å²) in [7, 11) is 0. The van der Waals surface area contributed by atoms with Crippen molar-refractivity contribution in [1.82, 2.24) is 25.0 Å². The summed E-state index contributed by atoms with van der Waals surface area (Å²) in [4.78, 5) is 15.4. The lowest BCUT2D eigenvalue weighted by atomic mass is 9.84. The molecule has 0 atom stereocenters. The first-order valence-corrected chi connectivity index (χ1v) is 11.2. The molecule has 1 saturated heterocycles. The zero-order chi connectivity index (χ0) is 22.8. The lowest BCUT2D eigenvalue weighted by Crippen LogP contribution is -2.42. The van der Waals surface area contributed by atoms with Gasteiger partial charge in [0.25, 0.3) is 0 Å². The van der Waals surface area contributed by atoms with Gasteiger partial charge >= 0.3 is 0 Å². The van der Waals surface area contributed by atoms with Crippen molar-refractivity contribution in [3.63, 3.8) is 0 Å². The molecule has 1 fully saturated rings. The number of hydrogen-bond donors (Lipinski definition) is 1. The van der Waals surface area contributed by atoms with Gasteiger partial charge in [-0.05, 0) is 38.3 Å². The SMILES string of the molecule is Cc1ccc(C2(O)CCN(Cc3nc(-c4ccc(-c5ccnc(C)n5)cc4)no3)CC2)cc1. The summed E-state index contributed by atoms with van der Waals surface area (Å²) in [6.45, 7) is 6.06. The maximum Gasteiger partial charge on any atom is 0.241 e. The van der Waals surface area contributed by atoms with E-state index in [0.717, 1.165) is 41.3 Å². The second kappa shape index (κ2) is 8.84. The van der Waals surface area contributed by atoms with Gasteiger partial charge in [-0.25, -0.2) is 9.97 Å². The molecular weight excluding hydrogens is 414 g/mol. The summed E-state index contributed by atoms with van der Waals surface area (Å²) in [5.41, 5.74) is 4.22. The van der Waals surface area contributed by atoms with Gasteiger partial charge in [-0.3, -0.25) is 4.90 Å². The molecule has 0 amide bonds. The topological polar surface area (TPSA) is 88.2 Å². The largest absolute Gasteiger partial charge is 0.385 e. The molecule has 33 heavy (non-hydrogen) atoms. The van der Waals surface area contributed by atoms with E-state index in [1.807, 2.05) is 49.4 Å². The Morgan fingerprint density at radius 3 is 2.30 bits per heavy atom. The van der Waals surface area contributed by atoms with E-state index >= 15 is 0 Å². The van der Waals surface area contributed by atoms with Gasteiger partial charge < -0.3 is 9.63 Å². The number of aryl methyl sites for hydroxylation is 2. The van der Waals surface area contributed by atoms with Crippen LogP contribution in [0.3, 0.4) is 0 Å². The molecule has 7 heteroatoms. The van der Waals surface area contributed by atoms with E-state index < -0.39 is 5.60 Å². The summed E-state index contributed by atoms with van der Waals surface area (Å²) >= 11 is 0. The lowest BCUT2D eigenvalue weighted by molar-refractivity contribution is -0.0295. The van der Waals surface area contributed by atoms with Crippen LogP contribution in [0.1, 0.15) is 35.7 Å². The van der Waals surface area contributed by atoms with Gasteiger partial charge in [0.05, 0.1) is 17.8 Å². The average molecular weight is 442 g/mol. The van der Waals surface area contributed by atoms with E-state index in [-0.39, 0.29) is 0 Å². The predicted octanol–water partition coefficient (Wildman–Crippen LogP) is 4.29. The smallest absolute Gasteiger partial charge is 0.241 e. The molecule has 3 heterocycles. The van der Waals surface area contributed by atoms with Crippen LogP contribution in [0.4, 0.5) is 0 Å². The summed E-state index contributed by atoms with van der Waals surface area (Å²) < 4.78 is 5.52. The van der Waals surface area contributed by atoms with E-state index in [0.29, 0.717) is 31.1 Å². The van der Waals surface area contributed by atoms with Crippen LogP contribution in [0.25, 0.3) is 22.6 Å². The molecule has 4 aromatic rings. The maximum absolute atomic E-state index is 11.1. The quantitative estimate of drug-likeness (QED) is 0.494. The maximum atomic E-state index is 11.1. The molecule has 5 rings (SSSR count). The van der Waals surface area contributed by atoms with E-state index in [1.165, 1.54) is 5.56 Å². The Morgan fingerprint density at radius 1 is 0.909 bits per heavy atom. The van der Waals surface area contributed by atoms with Crippen LogP contribution in [0.15, 0.2) is 65.3 Å². The van der Waals surface area contributed by atoms with Gasteiger partial charge in [-0.1, -0.05) is 59.3 Å². The Morgan fingerprint density at radius 2 is 1.61 bits per heavy atom. The molecule has 0 bridgehead atoms. The normalized spacial score (nSPS) is 16.1. The van der Waals surface area contributed by atoms with Crippen molar-refractivity contribution in [2.75, 3.05) is 13.1 Å². The second-order valence-electron chi connectivity index (χ2n) is 8.75. The van der Waals surface area contributed by atoms with Crippen LogP contribution < -0.4 is 0 Å². The van der Waals surface area contributed by atoms with Gasteiger partial charge in [-0.2, -0.15) is 4.98 Å². The van der Waals surface area contributed by atoms with Crippen LogP contribution in [0, 0.1) is 13.8 Å². The monoisotopic (exact) mass is 441 g/mol. The fraction of sp³-hybridized carbons (Fsp3) is 0.308. The molecule has 168 valence electrons. The molecule has 0 saturated carbocycles. The molecule has 1 N–H and O–H groups in total. The fourth-order valence-electron chi connectivity index (χ4n) is 4.27. The van der Waals surface area contributed by atoms with Crippen LogP contribution in [-0.4, -0.2) is 43.2 Å². The summed E-state index contributed by atoms with van der Waals surface area (Å²) in [6, 6.07) is 18.0. The Bertz CT molecular complexity index is 1230. The molecule has 1 aliphatic rings. The third-order valence-electron chi connectivity index (χ3n) is 6.31. The Balaban J connectivity index is 1.21. The molecular formula is C26H27N5O2. The Hall–Kier alpha value is -3.42. The number of piperidine rings is 1. The minimum absolute atomic E-state index is 0.573. The average Bonchev–Trinajstić information content (AvgIpc) is 3.30. The first-order chi connectivity index (χ1) is 16.0.